The van der Waals surface area contributed by atoms with Crippen LogP contribution in [0.2, 0.25) is 0 Å². The van der Waals surface area contributed by atoms with Crippen molar-refractivity contribution < 1.29 is 4.79 Å². The number of likely N-dealkylation sites (tertiary alicyclic amines) is 1. The Labute approximate surface area is 143 Å². The lowest BCUT2D eigenvalue weighted by Gasteiger charge is -2.27. The number of nitrogens with one attached hydrogen (secondary N) is 1. The third kappa shape index (κ3) is 3.19. The number of amides is 2. The molecular weight excluding hydrogens is 302 g/mol. The normalized spacial score (nSPS) is 26.6. The van der Waals surface area contributed by atoms with Crippen LogP contribution in [-0.2, 0) is 0 Å². The molecule has 0 aromatic carbocycles. The molecule has 3 aliphatic rings. The Kier molecular flexibility index (Phi) is 3.66. The van der Waals surface area contributed by atoms with Crippen LogP contribution in [-0.4, -0.2) is 52.6 Å². The summed E-state index contributed by atoms with van der Waals surface area (Å²) in [5, 5.41) is 3.07. The lowest BCUT2D eigenvalue weighted by atomic mass is 10.0. The van der Waals surface area contributed by atoms with Gasteiger partial charge in [-0.2, -0.15) is 0 Å². The number of rotatable bonds is 2. The number of urea groups is 1. The zero-order chi connectivity index (χ0) is 16.9. The number of hydrogen-bond donors (Lipinski definition) is 1. The highest BCUT2D eigenvalue weighted by atomic mass is 16.2. The van der Waals surface area contributed by atoms with Crippen LogP contribution in [0.3, 0.4) is 0 Å². The Bertz CT molecular complexity index is 623. The van der Waals surface area contributed by atoms with Crippen LogP contribution in [0, 0.1) is 11.8 Å². The molecular formula is C18H27N5O. The number of fused-ring (bicyclic) bond motifs is 1. The van der Waals surface area contributed by atoms with Gasteiger partial charge < -0.3 is 15.1 Å². The van der Waals surface area contributed by atoms with E-state index >= 15 is 0 Å². The minimum absolute atomic E-state index is 0.0708. The van der Waals surface area contributed by atoms with Crippen LogP contribution in [0.5, 0.6) is 0 Å². The van der Waals surface area contributed by atoms with Crippen LogP contribution >= 0.6 is 0 Å². The van der Waals surface area contributed by atoms with Crippen molar-refractivity contribution in [3.63, 3.8) is 0 Å². The highest BCUT2D eigenvalue weighted by Crippen LogP contribution is 2.40. The standard InChI is InChI=1S/C18H27N5O/c1-18(2,3)21-17(24)23-9-13-7-22(8-14(13)10-23)16-6-15(12-4-5-12)19-11-20-16/h6,11-14H,4-5,7-10H2,1-3H3,(H,21,24). The van der Waals surface area contributed by atoms with E-state index in [1.807, 2.05) is 25.7 Å². The lowest BCUT2D eigenvalue weighted by Crippen LogP contribution is -2.48. The van der Waals surface area contributed by atoms with E-state index in [0.717, 1.165) is 32.0 Å². The van der Waals surface area contributed by atoms with Gasteiger partial charge >= 0.3 is 6.03 Å². The number of carbonyl (C=O) groups is 1. The highest BCUT2D eigenvalue weighted by molar-refractivity contribution is 5.75. The lowest BCUT2D eigenvalue weighted by molar-refractivity contribution is 0.196. The van der Waals surface area contributed by atoms with Gasteiger partial charge in [-0.1, -0.05) is 0 Å². The summed E-state index contributed by atoms with van der Waals surface area (Å²) in [6, 6.07) is 2.24. The first-order valence-corrected chi connectivity index (χ1v) is 9.03. The Hall–Kier alpha value is -1.85. The third-order valence-electron chi connectivity index (χ3n) is 5.25. The SMILES string of the molecule is CC(C)(C)NC(=O)N1CC2CN(c3cc(C4CC4)ncn3)CC2C1. The summed E-state index contributed by atoms with van der Waals surface area (Å²) in [7, 11) is 0. The van der Waals surface area contributed by atoms with Crippen LogP contribution in [0.1, 0.15) is 45.2 Å². The molecule has 1 saturated carbocycles. The molecule has 1 aromatic heterocycles. The summed E-state index contributed by atoms with van der Waals surface area (Å²) in [6.07, 6.45) is 4.24. The van der Waals surface area contributed by atoms with Gasteiger partial charge in [-0.05, 0) is 33.6 Å². The zero-order valence-electron chi connectivity index (χ0n) is 14.8. The second kappa shape index (κ2) is 5.60. The maximum atomic E-state index is 12.4. The first-order chi connectivity index (χ1) is 11.4. The molecule has 0 bridgehead atoms. The Balaban J connectivity index is 1.37. The molecule has 4 rings (SSSR count). The highest BCUT2D eigenvalue weighted by Gasteiger charge is 2.42. The summed E-state index contributed by atoms with van der Waals surface area (Å²) in [4.78, 5) is 25.6. The second-order valence-corrected chi connectivity index (χ2v) is 8.59. The molecule has 2 unspecified atom stereocenters. The number of anilines is 1. The molecule has 1 aliphatic carbocycles. The van der Waals surface area contributed by atoms with Gasteiger partial charge in [-0.3, -0.25) is 0 Å². The first kappa shape index (κ1) is 15.7. The van der Waals surface area contributed by atoms with Crippen molar-refractivity contribution in [2.24, 2.45) is 11.8 Å². The fourth-order valence-corrected chi connectivity index (χ4v) is 3.88. The minimum atomic E-state index is -0.180. The van der Waals surface area contributed by atoms with E-state index in [1.165, 1.54) is 18.5 Å². The second-order valence-electron chi connectivity index (χ2n) is 8.59. The monoisotopic (exact) mass is 329 g/mol. The van der Waals surface area contributed by atoms with Crippen molar-refractivity contribution in [2.45, 2.75) is 45.1 Å². The maximum Gasteiger partial charge on any atom is 0.317 e. The van der Waals surface area contributed by atoms with Gasteiger partial charge in [-0.25, -0.2) is 14.8 Å². The van der Waals surface area contributed by atoms with Gasteiger partial charge in [-0.15, -0.1) is 0 Å². The molecule has 2 saturated heterocycles. The summed E-state index contributed by atoms with van der Waals surface area (Å²) < 4.78 is 0. The van der Waals surface area contributed by atoms with Gasteiger partial charge in [0.2, 0.25) is 0 Å². The third-order valence-corrected chi connectivity index (χ3v) is 5.25. The van der Waals surface area contributed by atoms with Crippen molar-refractivity contribution in [3.05, 3.63) is 18.1 Å². The van der Waals surface area contributed by atoms with Crippen molar-refractivity contribution >= 4 is 11.8 Å². The first-order valence-electron chi connectivity index (χ1n) is 9.03. The molecule has 0 radical (unpaired) electrons. The number of aromatic nitrogens is 2. The molecule has 1 aromatic rings. The number of hydrogen-bond acceptors (Lipinski definition) is 4. The zero-order valence-corrected chi connectivity index (χ0v) is 14.8. The molecule has 3 fully saturated rings. The van der Waals surface area contributed by atoms with Gasteiger partial charge in [0.1, 0.15) is 12.1 Å². The molecule has 6 heteroatoms. The molecule has 2 amide bonds. The van der Waals surface area contributed by atoms with Crippen molar-refractivity contribution in [3.8, 4) is 0 Å². The fraction of sp³-hybridized carbons (Fsp3) is 0.722. The van der Waals surface area contributed by atoms with Gasteiger partial charge in [0.25, 0.3) is 0 Å². The summed E-state index contributed by atoms with van der Waals surface area (Å²) >= 11 is 0. The Morgan fingerprint density at radius 3 is 2.38 bits per heavy atom. The predicted molar refractivity (Wildman–Crippen MR) is 93.1 cm³/mol. The van der Waals surface area contributed by atoms with Crippen LogP contribution < -0.4 is 10.2 Å². The minimum Gasteiger partial charge on any atom is -0.356 e. The van der Waals surface area contributed by atoms with Crippen molar-refractivity contribution in [1.29, 1.82) is 0 Å². The summed E-state index contributed by atoms with van der Waals surface area (Å²) in [5.41, 5.74) is 1.02. The van der Waals surface area contributed by atoms with Gasteiger partial charge in [0.15, 0.2) is 0 Å². The van der Waals surface area contributed by atoms with E-state index in [2.05, 4.69) is 26.3 Å². The molecule has 3 heterocycles. The molecule has 130 valence electrons. The average molecular weight is 329 g/mol. The largest absolute Gasteiger partial charge is 0.356 e. The quantitative estimate of drug-likeness (QED) is 0.904. The maximum absolute atomic E-state index is 12.4. The Morgan fingerprint density at radius 1 is 1.12 bits per heavy atom. The van der Waals surface area contributed by atoms with Gasteiger partial charge in [0, 0.05) is 61.2 Å². The number of nitrogens with zero attached hydrogens (tertiary/aromatic N) is 4. The van der Waals surface area contributed by atoms with E-state index in [-0.39, 0.29) is 11.6 Å². The van der Waals surface area contributed by atoms with Crippen molar-refractivity contribution in [1.82, 2.24) is 20.2 Å². The average Bonchev–Trinajstić information content (AvgIpc) is 3.15. The van der Waals surface area contributed by atoms with E-state index in [4.69, 9.17) is 0 Å². The van der Waals surface area contributed by atoms with Crippen molar-refractivity contribution in [2.75, 3.05) is 31.1 Å². The molecule has 1 N–H and O–H groups in total. The van der Waals surface area contributed by atoms with E-state index in [1.54, 1.807) is 6.33 Å². The summed E-state index contributed by atoms with van der Waals surface area (Å²) in [6.45, 7) is 9.76. The number of carbonyl (C=O) groups excluding carboxylic acids is 1. The summed E-state index contributed by atoms with van der Waals surface area (Å²) in [5.74, 6) is 2.82. The van der Waals surface area contributed by atoms with E-state index < -0.39 is 0 Å². The predicted octanol–water partition coefficient (Wildman–Crippen LogP) is 2.23. The topological polar surface area (TPSA) is 61.4 Å². The molecule has 2 atom stereocenters. The van der Waals surface area contributed by atoms with Crippen LogP contribution in [0.4, 0.5) is 10.6 Å². The van der Waals surface area contributed by atoms with E-state index in [9.17, 15) is 4.79 Å². The van der Waals surface area contributed by atoms with E-state index in [0.29, 0.717) is 17.8 Å². The van der Waals surface area contributed by atoms with Gasteiger partial charge in [0.05, 0.1) is 0 Å². The fourth-order valence-electron chi connectivity index (χ4n) is 3.88. The molecule has 6 nitrogen and oxygen atoms in total. The molecule has 24 heavy (non-hydrogen) atoms. The van der Waals surface area contributed by atoms with Crippen LogP contribution in [0.15, 0.2) is 12.4 Å². The molecule has 0 spiro atoms. The Morgan fingerprint density at radius 2 is 1.79 bits per heavy atom. The molecule has 2 aliphatic heterocycles. The smallest absolute Gasteiger partial charge is 0.317 e. The van der Waals surface area contributed by atoms with Crippen LogP contribution in [0.25, 0.3) is 0 Å².